The smallest absolute Gasteiger partial charge is 0.154 e. The molecule has 0 aromatic carbocycles. The van der Waals surface area contributed by atoms with E-state index in [9.17, 15) is 0 Å². The minimum atomic E-state index is 0.0850. The Morgan fingerprint density at radius 3 is 2.81 bits per heavy atom. The summed E-state index contributed by atoms with van der Waals surface area (Å²) in [7, 11) is 1.93. The molecule has 0 aliphatic heterocycles. The van der Waals surface area contributed by atoms with Crippen LogP contribution in [0.25, 0.3) is 0 Å². The van der Waals surface area contributed by atoms with Crippen molar-refractivity contribution in [1.29, 1.82) is 0 Å². The van der Waals surface area contributed by atoms with Gasteiger partial charge >= 0.3 is 0 Å². The second-order valence-electron chi connectivity index (χ2n) is 3.83. The molecule has 0 radical (unpaired) electrons. The molecular weight excluding hydrogens is 202 g/mol. The molecule has 2 aromatic heterocycles. The summed E-state index contributed by atoms with van der Waals surface area (Å²) >= 11 is 0. The monoisotopic (exact) mass is 217 g/mol. The Labute approximate surface area is 94.5 Å². The fourth-order valence-corrected chi connectivity index (χ4v) is 1.59. The van der Waals surface area contributed by atoms with Crippen LogP contribution in [0.15, 0.2) is 24.5 Å². The molecule has 0 aliphatic carbocycles. The Balaban J connectivity index is 2.14. The lowest BCUT2D eigenvalue weighted by Crippen LogP contribution is -2.12. The van der Waals surface area contributed by atoms with Gasteiger partial charge in [0.05, 0.1) is 6.04 Å². The van der Waals surface area contributed by atoms with E-state index in [0.29, 0.717) is 0 Å². The summed E-state index contributed by atoms with van der Waals surface area (Å²) in [5.74, 6) is 1.75. The molecule has 2 heterocycles. The third-order valence-corrected chi connectivity index (χ3v) is 2.39. The van der Waals surface area contributed by atoms with Crippen molar-refractivity contribution in [2.24, 2.45) is 7.05 Å². The third kappa shape index (κ3) is 2.18. The van der Waals surface area contributed by atoms with Gasteiger partial charge in [-0.25, -0.2) is 4.98 Å². The molecule has 5 heteroatoms. The molecule has 0 aliphatic rings. The highest BCUT2D eigenvalue weighted by atomic mass is 15.3. The van der Waals surface area contributed by atoms with Crippen molar-refractivity contribution in [2.45, 2.75) is 19.9 Å². The highest BCUT2D eigenvalue weighted by molar-refractivity contribution is 5.36. The second kappa shape index (κ2) is 4.30. The van der Waals surface area contributed by atoms with E-state index >= 15 is 0 Å². The SMILES string of the molecule is Cc1cccc(NC(C)c2nncn2C)n1. The molecule has 0 amide bonds. The quantitative estimate of drug-likeness (QED) is 0.850. The predicted octanol–water partition coefficient (Wildman–Crippen LogP) is 1.69. The average Bonchev–Trinajstić information content (AvgIpc) is 2.64. The van der Waals surface area contributed by atoms with E-state index in [1.807, 2.05) is 43.7 Å². The summed E-state index contributed by atoms with van der Waals surface area (Å²) in [5.41, 5.74) is 0.996. The number of aryl methyl sites for hydroxylation is 2. The van der Waals surface area contributed by atoms with Gasteiger partial charge < -0.3 is 9.88 Å². The number of hydrogen-bond acceptors (Lipinski definition) is 4. The van der Waals surface area contributed by atoms with Crippen LogP contribution in [0.1, 0.15) is 24.5 Å². The molecule has 0 spiro atoms. The van der Waals surface area contributed by atoms with Gasteiger partial charge in [-0.1, -0.05) is 6.07 Å². The van der Waals surface area contributed by atoms with Gasteiger partial charge in [-0.2, -0.15) is 0 Å². The van der Waals surface area contributed by atoms with Gasteiger partial charge in [0.15, 0.2) is 5.82 Å². The lowest BCUT2D eigenvalue weighted by Gasteiger charge is -2.13. The van der Waals surface area contributed by atoms with Gasteiger partial charge in [0.25, 0.3) is 0 Å². The molecule has 1 unspecified atom stereocenters. The molecule has 2 aromatic rings. The number of rotatable bonds is 3. The highest BCUT2D eigenvalue weighted by Gasteiger charge is 2.11. The van der Waals surface area contributed by atoms with Gasteiger partial charge in [0.2, 0.25) is 0 Å². The first-order valence-electron chi connectivity index (χ1n) is 5.21. The van der Waals surface area contributed by atoms with Gasteiger partial charge in [0.1, 0.15) is 12.1 Å². The number of nitrogens with one attached hydrogen (secondary N) is 1. The van der Waals surface area contributed by atoms with Crippen molar-refractivity contribution in [2.75, 3.05) is 5.32 Å². The summed E-state index contributed by atoms with van der Waals surface area (Å²) in [4.78, 5) is 4.38. The van der Waals surface area contributed by atoms with Crippen molar-refractivity contribution < 1.29 is 0 Å². The molecule has 0 saturated carbocycles. The normalized spacial score (nSPS) is 12.4. The third-order valence-electron chi connectivity index (χ3n) is 2.39. The van der Waals surface area contributed by atoms with Gasteiger partial charge in [-0.05, 0) is 26.0 Å². The number of pyridine rings is 1. The lowest BCUT2D eigenvalue weighted by molar-refractivity contribution is 0.716. The lowest BCUT2D eigenvalue weighted by atomic mass is 10.3. The first kappa shape index (κ1) is 10.6. The molecule has 1 N–H and O–H groups in total. The summed E-state index contributed by atoms with van der Waals surface area (Å²) in [6.45, 7) is 4.01. The molecule has 0 fully saturated rings. The van der Waals surface area contributed by atoms with Crippen LogP contribution in [0, 0.1) is 6.92 Å². The van der Waals surface area contributed by atoms with Crippen molar-refractivity contribution in [1.82, 2.24) is 19.7 Å². The Morgan fingerprint density at radius 2 is 2.19 bits per heavy atom. The molecule has 1 atom stereocenters. The standard InChI is InChI=1S/C11H15N5/c1-8-5-4-6-10(13-8)14-9(2)11-15-12-7-16(11)3/h4-7,9H,1-3H3,(H,13,14). The number of nitrogens with zero attached hydrogens (tertiary/aromatic N) is 4. The summed E-state index contributed by atoms with van der Waals surface area (Å²) in [5, 5.41) is 11.2. The Morgan fingerprint density at radius 1 is 1.38 bits per heavy atom. The van der Waals surface area contributed by atoms with E-state index in [-0.39, 0.29) is 6.04 Å². The van der Waals surface area contributed by atoms with Crippen LogP contribution in [-0.4, -0.2) is 19.7 Å². The molecule has 16 heavy (non-hydrogen) atoms. The summed E-state index contributed by atoms with van der Waals surface area (Å²) in [6.07, 6.45) is 1.69. The summed E-state index contributed by atoms with van der Waals surface area (Å²) in [6, 6.07) is 5.98. The predicted molar refractivity (Wildman–Crippen MR) is 62.0 cm³/mol. The van der Waals surface area contributed by atoms with Gasteiger partial charge in [-0.15, -0.1) is 10.2 Å². The highest BCUT2D eigenvalue weighted by Crippen LogP contribution is 2.14. The van der Waals surface area contributed by atoms with Crippen LogP contribution in [-0.2, 0) is 7.05 Å². The minimum Gasteiger partial charge on any atom is -0.360 e. The average molecular weight is 217 g/mol. The molecule has 5 nitrogen and oxygen atoms in total. The zero-order chi connectivity index (χ0) is 11.5. The van der Waals surface area contributed by atoms with Crippen molar-refractivity contribution in [3.05, 3.63) is 36.0 Å². The van der Waals surface area contributed by atoms with E-state index in [0.717, 1.165) is 17.3 Å². The number of anilines is 1. The van der Waals surface area contributed by atoms with E-state index in [2.05, 4.69) is 20.5 Å². The largest absolute Gasteiger partial charge is 0.360 e. The molecule has 2 rings (SSSR count). The van der Waals surface area contributed by atoms with Crippen LogP contribution in [0.2, 0.25) is 0 Å². The van der Waals surface area contributed by atoms with E-state index in [1.165, 1.54) is 0 Å². The number of aromatic nitrogens is 4. The topological polar surface area (TPSA) is 55.6 Å². The Kier molecular flexibility index (Phi) is 2.85. The van der Waals surface area contributed by atoms with Gasteiger partial charge in [0, 0.05) is 12.7 Å². The van der Waals surface area contributed by atoms with Crippen LogP contribution < -0.4 is 5.32 Å². The van der Waals surface area contributed by atoms with Crippen LogP contribution >= 0.6 is 0 Å². The zero-order valence-corrected chi connectivity index (χ0v) is 9.68. The van der Waals surface area contributed by atoms with Crippen LogP contribution in [0.4, 0.5) is 5.82 Å². The molecule has 84 valence electrons. The zero-order valence-electron chi connectivity index (χ0n) is 9.68. The van der Waals surface area contributed by atoms with Crippen molar-refractivity contribution >= 4 is 5.82 Å². The maximum atomic E-state index is 4.38. The Bertz CT molecular complexity index is 477. The Hall–Kier alpha value is -1.91. The van der Waals surface area contributed by atoms with Crippen molar-refractivity contribution in [3.63, 3.8) is 0 Å². The maximum Gasteiger partial charge on any atom is 0.154 e. The fourth-order valence-electron chi connectivity index (χ4n) is 1.59. The van der Waals surface area contributed by atoms with E-state index in [4.69, 9.17) is 0 Å². The first-order valence-corrected chi connectivity index (χ1v) is 5.21. The second-order valence-corrected chi connectivity index (χ2v) is 3.83. The van der Waals surface area contributed by atoms with E-state index in [1.54, 1.807) is 6.33 Å². The molecular formula is C11H15N5. The molecule has 0 bridgehead atoms. The first-order chi connectivity index (χ1) is 7.66. The maximum absolute atomic E-state index is 4.38. The molecule has 0 saturated heterocycles. The van der Waals surface area contributed by atoms with E-state index < -0.39 is 0 Å². The van der Waals surface area contributed by atoms with Gasteiger partial charge in [-0.3, -0.25) is 0 Å². The fraction of sp³-hybridized carbons (Fsp3) is 0.364. The van der Waals surface area contributed by atoms with Crippen LogP contribution in [0.5, 0.6) is 0 Å². The minimum absolute atomic E-state index is 0.0850. The number of hydrogen-bond donors (Lipinski definition) is 1. The van der Waals surface area contributed by atoms with Crippen molar-refractivity contribution in [3.8, 4) is 0 Å². The summed E-state index contributed by atoms with van der Waals surface area (Å²) < 4.78 is 1.90. The van der Waals surface area contributed by atoms with Crippen LogP contribution in [0.3, 0.4) is 0 Å².